The van der Waals surface area contributed by atoms with Crippen LogP contribution in [0.2, 0.25) is 5.02 Å². The summed E-state index contributed by atoms with van der Waals surface area (Å²) < 4.78 is 43.7. The predicted octanol–water partition coefficient (Wildman–Crippen LogP) is 2.92. The molecule has 1 aliphatic heterocycles. The molecular formula is C21H25ClFIN8O2S. The number of hydrogen-bond acceptors (Lipinski definition) is 6. The fourth-order valence-corrected chi connectivity index (χ4v) is 5.98. The van der Waals surface area contributed by atoms with Crippen molar-refractivity contribution in [1.29, 1.82) is 0 Å². The van der Waals surface area contributed by atoms with Gasteiger partial charge >= 0.3 is 0 Å². The number of pyridine rings is 1. The summed E-state index contributed by atoms with van der Waals surface area (Å²) in [5.74, 6) is -0.373. The van der Waals surface area contributed by atoms with Crippen LogP contribution < -0.4 is 11.1 Å². The van der Waals surface area contributed by atoms with E-state index in [-0.39, 0.29) is 27.0 Å². The Bertz CT molecular complexity index is 1390. The van der Waals surface area contributed by atoms with Crippen molar-refractivity contribution in [2.75, 3.05) is 24.1 Å². The molecule has 0 aromatic carbocycles. The first-order valence-electron chi connectivity index (χ1n) is 10.8. The molecule has 1 atom stereocenters. The maximum atomic E-state index is 14.7. The van der Waals surface area contributed by atoms with Gasteiger partial charge in [0.1, 0.15) is 11.5 Å². The SMILES string of the molecule is Cn1cnc(S(=O)(=O)N2CCCC(CNC(/N=C(\N)c3c[nH]c4ncc(Cl)cc34)=C(\F)CI)C2)c1. The lowest BCUT2D eigenvalue weighted by Gasteiger charge is -2.31. The van der Waals surface area contributed by atoms with Crippen LogP contribution >= 0.6 is 34.2 Å². The van der Waals surface area contributed by atoms with Crippen LogP contribution in [0.15, 0.2) is 52.7 Å². The molecule has 4 rings (SSSR count). The fourth-order valence-electron chi connectivity index (χ4n) is 3.94. The molecule has 0 radical (unpaired) electrons. The van der Waals surface area contributed by atoms with Gasteiger partial charge in [-0.15, -0.1) is 0 Å². The quantitative estimate of drug-likeness (QED) is 0.151. The van der Waals surface area contributed by atoms with Gasteiger partial charge in [0.25, 0.3) is 10.0 Å². The summed E-state index contributed by atoms with van der Waals surface area (Å²) >= 11 is 7.97. The number of imidazole rings is 1. The number of fused-ring (bicyclic) bond motifs is 1. The zero-order valence-corrected chi connectivity index (χ0v) is 22.6. The third-order valence-corrected chi connectivity index (χ3v) is 8.33. The minimum Gasteiger partial charge on any atom is -0.383 e. The number of aliphatic imine (C=N–C) groups is 1. The number of nitrogens with zero attached hydrogens (tertiary/aromatic N) is 5. The molecule has 35 heavy (non-hydrogen) atoms. The number of allylic oxidation sites excluding steroid dienone is 1. The molecule has 14 heteroatoms. The van der Waals surface area contributed by atoms with Crippen LogP contribution in [0.25, 0.3) is 11.0 Å². The monoisotopic (exact) mass is 634 g/mol. The number of nitrogens with two attached hydrogens (primary N) is 1. The smallest absolute Gasteiger partial charge is 0.262 e. The third-order valence-electron chi connectivity index (χ3n) is 5.71. The Kier molecular flexibility index (Phi) is 7.98. The first-order valence-corrected chi connectivity index (χ1v) is 14.2. The topological polar surface area (TPSA) is 134 Å². The molecule has 1 fully saturated rings. The standard InChI is InChI=1S/C21H25ClFIN8O2S/c1-31-11-18(29-12-31)35(33,34)32-4-2-3-13(10-32)7-26-21(17(23)6-24)30-19(25)16-9-28-20-15(16)5-14(22)8-27-20/h5,8-9,11-13,26H,2-4,6-7,10H2,1H3,(H2,25,30)(H,27,28)/b21-17+. The molecule has 1 unspecified atom stereocenters. The van der Waals surface area contributed by atoms with E-state index >= 15 is 0 Å². The number of piperidine rings is 1. The number of alkyl halides is 1. The maximum Gasteiger partial charge on any atom is 0.262 e. The Balaban J connectivity index is 1.49. The second-order valence-electron chi connectivity index (χ2n) is 8.27. The van der Waals surface area contributed by atoms with Gasteiger partial charge in [0.15, 0.2) is 16.7 Å². The molecule has 3 aromatic rings. The highest BCUT2D eigenvalue weighted by molar-refractivity contribution is 14.1. The van der Waals surface area contributed by atoms with Crippen molar-refractivity contribution in [3.8, 4) is 0 Å². The van der Waals surface area contributed by atoms with Gasteiger partial charge in [-0.25, -0.2) is 27.8 Å². The number of nitrogens with one attached hydrogen (secondary N) is 2. The first kappa shape index (κ1) is 25.9. The van der Waals surface area contributed by atoms with Gasteiger partial charge in [0, 0.05) is 56.2 Å². The molecular weight excluding hydrogens is 610 g/mol. The normalized spacial score (nSPS) is 18.6. The Labute approximate surface area is 221 Å². The fraction of sp³-hybridized carbons (Fsp3) is 0.381. The number of aromatic nitrogens is 4. The van der Waals surface area contributed by atoms with E-state index in [9.17, 15) is 12.8 Å². The summed E-state index contributed by atoms with van der Waals surface area (Å²) in [4.78, 5) is 15.5. The number of aromatic amines is 1. The Morgan fingerprint density at radius 3 is 2.97 bits per heavy atom. The molecule has 0 bridgehead atoms. The van der Waals surface area contributed by atoms with Crippen molar-refractivity contribution in [1.82, 2.24) is 29.1 Å². The molecule has 1 saturated heterocycles. The van der Waals surface area contributed by atoms with Crippen molar-refractivity contribution in [2.45, 2.75) is 17.9 Å². The van der Waals surface area contributed by atoms with Crippen molar-refractivity contribution in [3.63, 3.8) is 0 Å². The number of halogens is 3. The van der Waals surface area contributed by atoms with Crippen LogP contribution in [0.3, 0.4) is 0 Å². The Morgan fingerprint density at radius 1 is 1.46 bits per heavy atom. The number of amidine groups is 1. The lowest BCUT2D eigenvalue weighted by molar-refractivity contribution is 0.263. The van der Waals surface area contributed by atoms with Crippen molar-refractivity contribution < 1.29 is 12.8 Å². The second-order valence-corrected chi connectivity index (χ2v) is 11.3. The molecule has 0 saturated carbocycles. The van der Waals surface area contributed by atoms with E-state index in [0.717, 1.165) is 6.42 Å². The van der Waals surface area contributed by atoms with Crippen LogP contribution in [0.5, 0.6) is 0 Å². The zero-order chi connectivity index (χ0) is 25.2. The van der Waals surface area contributed by atoms with Crippen molar-refractivity contribution >= 4 is 61.1 Å². The van der Waals surface area contributed by atoms with E-state index in [4.69, 9.17) is 17.3 Å². The molecule has 3 aromatic heterocycles. The lowest BCUT2D eigenvalue weighted by Crippen LogP contribution is -2.42. The van der Waals surface area contributed by atoms with E-state index in [1.165, 1.54) is 23.0 Å². The average Bonchev–Trinajstić information content (AvgIpc) is 3.47. The summed E-state index contributed by atoms with van der Waals surface area (Å²) in [5, 5.41) is 4.19. The molecule has 1 aliphatic rings. The van der Waals surface area contributed by atoms with E-state index in [2.05, 4.69) is 25.3 Å². The van der Waals surface area contributed by atoms with E-state index < -0.39 is 15.9 Å². The zero-order valence-electron chi connectivity index (χ0n) is 18.9. The Morgan fingerprint density at radius 2 is 2.26 bits per heavy atom. The molecule has 4 heterocycles. The summed E-state index contributed by atoms with van der Waals surface area (Å²) in [6, 6.07) is 1.71. The summed E-state index contributed by atoms with van der Waals surface area (Å²) in [5.41, 5.74) is 7.37. The number of rotatable bonds is 8. The van der Waals surface area contributed by atoms with Gasteiger partial charge in [-0.05, 0) is 24.8 Å². The van der Waals surface area contributed by atoms with Crippen molar-refractivity contribution in [3.05, 3.63) is 53.2 Å². The number of H-pyrrole nitrogens is 1. The van der Waals surface area contributed by atoms with Crippen molar-refractivity contribution in [2.24, 2.45) is 23.7 Å². The summed E-state index contributed by atoms with van der Waals surface area (Å²) in [6.07, 6.45) is 7.60. The highest BCUT2D eigenvalue weighted by Crippen LogP contribution is 2.24. The van der Waals surface area contributed by atoms with Gasteiger partial charge in [-0.1, -0.05) is 34.2 Å². The molecule has 0 aliphatic carbocycles. The van der Waals surface area contributed by atoms with E-state index in [1.807, 2.05) is 22.6 Å². The van der Waals surface area contributed by atoms with Gasteiger partial charge in [-0.2, -0.15) is 4.31 Å². The number of aryl methyl sites for hydroxylation is 1. The van der Waals surface area contributed by atoms with Crippen LogP contribution in [0.4, 0.5) is 4.39 Å². The summed E-state index contributed by atoms with van der Waals surface area (Å²) in [6.45, 7) is 1.06. The number of hydrogen-bond donors (Lipinski definition) is 3. The van der Waals surface area contributed by atoms with E-state index in [0.29, 0.717) is 47.7 Å². The Hall–Kier alpha value is -2.23. The third kappa shape index (κ3) is 5.78. The van der Waals surface area contributed by atoms with Gasteiger partial charge in [-0.3, -0.25) is 0 Å². The maximum absolute atomic E-state index is 14.7. The molecule has 4 N–H and O–H groups in total. The average molecular weight is 635 g/mol. The van der Waals surface area contributed by atoms with E-state index in [1.54, 1.807) is 23.9 Å². The lowest BCUT2D eigenvalue weighted by atomic mass is 10.00. The molecule has 0 spiro atoms. The van der Waals surface area contributed by atoms with Gasteiger partial charge < -0.3 is 20.6 Å². The number of sulfonamides is 1. The van der Waals surface area contributed by atoms with Crippen LogP contribution in [0.1, 0.15) is 18.4 Å². The second kappa shape index (κ2) is 10.8. The minimum atomic E-state index is -3.69. The highest BCUT2D eigenvalue weighted by atomic mass is 127. The summed E-state index contributed by atoms with van der Waals surface area (Å²) in [7, 11) is -1.97. The molecule has 0 amide bonds. The van der Waals surface area contributed by atoms with Crippen LogP contribution in [-0.4, -0.2) is 62.1 Å². The van der Waals surface area contributed by atoms with Crippen LogP contribution in [-0.2, 0) is 17.1 Å². The molecule has 10 nitrogen and oxygen atoms in total. The molecule has 188 valence electrons. The largest absolute Gasteiger partial charge is 0.383 e. The first-order chi connectivity index (χ1) is 16.7. The van der Waals surface area contributed by atoms with Gasteiger partial charge in [0.2, 0.25) is 0 Å². The highest BCUT2D eigenvalue weighted by Gasteiger charge is 2.31. The van der Waals surface area contributed by atoms with Crippen LogP contribution in [0, 0.1) is 5.92 Å². The predicted molar refractivity (Wildman–Crippen MR) is 142 cm³/mol. The van der Waals surface area contributed by atoms with Gasteiger partial charge in [0.05, 0.1) is 15.8 Å². The minimum absolute atomic E-state index is 0.0194.